The maximum atomic E-state index is 12.3. The van der Waals surface area contributed by atoms with Crippen LogP contribution in [0.5, 0.6) is 0 Å². The van der Waals surface area contributed by atoms with Gasteiger partial charge in [0.05, 0.1) is 31.4 Å². The first-order valence-corrected chi connectivity index (χ1v) is 8.05. The zero-order chi connectivity index (χ0) is 15.5. The molecule has 1 unspecified atom stereocenters. The summed E-state index contributed by atoms with van der Waals surface area (Å²) in [4.78, 5) is 17.3. The van der Waals surface area contributed by atoms with Gasteiger partial charge in [-0.25, -0.2) is 0 Å². The highest BCUT2D eigenvalue weighted by molar-refractivity contribution is 7.09. The number of amides is 1. The van der Waals surface area contributed by atoms with Gasteiger partial charge >= 0.3 is 0 Å². The molecule has 0 aromatic carbocycles. The lowest BCUT2D eigenvalue weighted by Gasteiger charge is -2.42. The quantitative estimate of drug-likeness (QED) is 0.887. The van der Waals surface area contributed by atoms with Crippen LogP contribution in [-0.2, 0) is 16.1 Å². The highest BCUT2D eigenvalue weighted by Crippen LogP contribution is 2.21. The molecule has 0 radical (unpaired) electrons. The van der Waals surface area contributed by atoms with E-state index in [-0.39, 0.29) is 24.2 Å². The van der Waals surface area contributed by atoms with Crippen LogP contribution in [0, 0.1) is 0 Å². The summed E-state index contributed by atoms with van der Waals surface area (Å²) in [6, 6.07) is 4.03. The second-order valence-corrected chi connectivity index (χ2v) is 7.21. The second-order valence-electron chi connectivity index (χ2n) is 6.18. The fourth-order valence-electron chi connectivity index (χ4n) is 2.67. The van der Waals surface area contributed by atoms with Gasteiger partial charge in [-0.05, 0) is 25.3 Å². The Morgan fingerprint density at radius 2 is 2.38 bits per heavy atom. The molecule has 1 N–H and O–H groups in total. The topological polar surface area (TPSA) is 53.0 Å². The average molecular weight is 312 g/mol. The Morgan fingerprint density at radius 3 is 3.00 bits per heavy atom. The van der Waals surface area contributed by atoms with Crippen molar-refractivity contribution < 1.29 is 14.6 Å². The molecule has 1 atom stereocenters. The number of likely N-dealkylation sites (N-methyl/N-ethyl adjacent to an activating group) is 1. The largest absolute Gasteiger partial charge is 0.394 e. The van der Waals surface area contributed by atoms with Crippen LogP contribution in [0.1, 0.15) is 18.7 Å². The van der Waals surface area contributed by atoms with Gasteiger partial charge in [0.1, 0.15) is 0 Å². The van der Waals surface area contributed by atoms with Crippen molar-refractivity contribution in [3.8, 4) is 0 Å². The molecular weight excluding hydrogens is 288 g/mol. The molecule has 0 bridgehead atoms. The number of hydrogen-bond donors (Lipinski definition) is 1. The number of aliphatic hydroxyl groups is 1. The molecule has 0 saturated carbocycles. The molecule has 1 saturated heterocycles. The van der Waals surface area contributed by atoms with E-state index in [1.807, 2.05) is 38.4 Å². The summed E-state index contributed by atoms with van der Waals surface area (Å²) < 4.78 is 5.77. The lowest BCUT2D eigenvalue weighted by Crippen LogP contribution is -2.55. The lowest BCUT2D eigenvalue weighted by molar-refractivity contribution is -0.156. The van der Waals surface area contributed by atoms with Crippen molar-refractivity contribution >= 4 is 17.2 Å². The van der Waals surface area contributed by atoms with Crippen LogP contribution in [0.25, 0.3) is 0 Å². The van der Waals surface area contributed by atoms with E-state index in [0.29, 0.717) is 26.2 Å². The lowest BCUT2D eigenvalue weighted by atomic mass is 10.1. The summed E-state index contributed by atoms with van der Waals surface area (Å²) in [5, 5.41) is 11.3. The number of ether oxygens (including phenoxy) is 1. The number of hydrogen-bond acceptors (Lipinski definition) is 5. The van der Waals surface area contributed by atoms with Crippen molar-refractivity contribution in [2.75, 3.05) is 33.3 Å². The zero-order valence-electron chi connectivity index (χ0n) is 12.9. The van der Waals surface area contributed by atoms with Gasteiger partial charge in [-0.1, -0.05) is 6.07 Å². The van der Waals surface area contributed by atoms with E-state index < -0.39 is 0 Å². The number of morpholine rings is 1. The van der Waals surface area contributed by atoms with Crippen LogP contribution in [-0.4, -0.2) is 65.8 Å². The number of aliphatic hydroxyl groups excluding tert-OH is 1. The first kappa shape index (κ1) is 16.4. The third kappa shape index (κ3) is 4.78. The standard InChI is InChI=1S/C15H24N2O3S/c1-15(2)11-17(7-12(10-18)20-15)9-14(19)16(3)8-13-5-4-6-21-13/h4-6,12,18H,7-11H2,1-3H3. The smallest absolute Gasteiger partial charge is 0.236 e. The molecule has 1 amide bonds. The van der Waals surface area contributed by atoms with Gasteiger partial charge in [0.25, 0.3) is 0 Å². The molecule has 1 aliphatic heterocycles. The van der Waals surface area contributed by atoms with Crippen molar-refractivity contribution in [1.82, 2.24) is 9.80 Å². The third-order valence-corrected chi connectivity index (χ3v) is 4.37. The number of nitrogens with zero attached hydrogens (tertiary/aromatic N) is 2. The van der Waals surface area contributed by atoms with Gasteiger partial charge in [-0.3, -0.25) is 9.69 Å². The molecule has 1 aliphatic rings. The predicted molar refractivity (Wildman–Crippen MR) is 83.3 cm³/mol. The molecule has 21 heavy (non-hydrogen) atoms. The van der Waals surface area contributed by atoms with Gasteiger partial charge in [0.2, 0.25) is 5.91 Å². The van der Waals surface area contributed by atoms with E-state index in [2.05, 4.69) is 4.90 Å². The van der Waals surface area contributed by atoms with Crippen LogP contribution in [0.4, 0.5) is 0 Å². The number of carbonyl (C=O) groups excluding carboxylic acids is 1. The summed E-state index contributed by atoms with van der Waals surface area (Å²) in [6.45, 7) is 6.27. The molecule has 5 nitrogen and oxygen atoms in total. The van der Waals surface area contributed by atoms with Crippen molar-refractivity contribution in [2.24, 2.45) is 0 Å². The average Bonchev–Trinajstić information content (AvgIpc) is 2.89. The molecule has 0 spiro atoms. The van der Waals surface area contributed by atoms with Crippen molar-refractivity contribution in [3.05, 3.63) is 22.4 Å². The summed E-state index contributed by atoms with van der Waals surface area (Å²) in [5.41, 5.74) is -0.335. The van der Waals surface area contributed by atoms with E-state index in [9.17, 15) is 9.90 Å². The maximum Gasteiger partial charge on any atom is 0.236 e. The minimum Gasteiger partial charge on any atom is -0.394 e. The van der Waals surface area contributed by atoms with E-state index in [0.717, 1.165) is 0 Å². The van der Waals surface area contributed by atoms with Gasteiger partial charge in [-0.2, -0.15) is 0 Å². The molecular formula is C15H24N2O3S. The van der Waals surface area contributed by atoms with Crippen molar-refractivity contribution in [1.29, 1.82) is 0 Å². The van der Waals surface area contributed by atoms with Crippen LogP contribution < -0.4 is 0 Å². The molecule has 118 valence electrons. The zero-order valence-corrected chi connectivity index (χ0v) is 13.7. The summed E-state index contributed by atoms with van der Waals surface area (Å²) >= 11 is 1.66. The fraction of sp³-hybridized carbons (Fsp3) is 0.667. The van der Waals surface area contributed by atoms with Crippen molar-refractivity contribution in [2.45, 2.75) is 32.1 Å². The highest BCUT2D eigenvalue weighted by Gasteiger charge is 2.34. The Labute approximate surface area is 130 Å². The van der Waals surface area contributed by atoms with Gasteiger partial charge in [0, 0.05) is 25.0 Å². The Morgan fingerprint density at radius 1 is 1.62 bits per heavy atom. The summed E-state index contributed by atoms with van der Waals surface area (Å²) in [7, 11) is 1.83. The first-order chi connectivity index (χ1) is 9.89. The van der Waals surface area contributed by atoms with Crippen molar-refractivity contribution in [3.63, 3.8) is 0 Å². The Balaban J connectivity index is 1.89. The Kier molecular flexibility index (Phi) is 5.37. The molecule has 1 fully saturated rings. The highest BCUT2D eigenvalue weighted by atomic mass is 32.1. The normalized spacial score (nSPS) is 22.2. The van der Waals surface area contributed by atoms with Gasteiger partial charge in [-0.15, -0.1) is 11.3 Å². The van der Waals surface area contributed by atoms with Gasteiger partial charge in [0.15, 0.2) is 0 Å². The van der Waals surface area contributed by atoms with Gasteiger partial charge < -0.3 is 14.7 Å². The molecule has 1 aromatic rings. The monoisotopic (exact) mass is 312 g/mol. The minimum absolute atomic E-state index is 0.0147. The van der Waals surface area contributed by atoms with Crippen LogP contribution in [0.2, 0.25) is 0 Å². The van der Waals surface area contributed by atoms with E-state index in [1.165, 1.54) is 4.88 Å². The molecule has 1 aromatic heterocycles. The third-order valence-electron chi connectivity index (χ3n) is 3.51. The molecule has 0 aliphatic carbocycles. The number of thiophene rings is 1. The number of rotatable bonds is 5. The fourth-order valence-corrected chi connectivity index (χ4v) is 3.43. The first-order valence-electron chi connectivity index (χ1n) is 7.17. The van der Waals surface area contributed by atoms with Crippen LogP contribution in [0.3, 0.4) is 0 Å². The van der Waals surface area contributed by atoms with E-state index in [1.54, 1.807) is 16.2 Å². The van der Waals surface area contributed by atoms with E-state index in [4.69, 9.17) is 4.74 Å². The Bertz CT molecular complexity index is 461. The SMILES string of the molecule is CN(Cc1cccs1)C(=O)CN1CC(CO)OC(C)(C)C1. The Hall–Kier alpha value is -0.950. The van der Waals surface area contributed by atoms with E-state index >= 15 is 0 Å². The summed E-state index contributed by atoms with van der Waals surface area (Å²) in [5.74, 6) is 0.0952. The van der Waals surface area contributed by atoms with Crippen LogP contribution in [0.15, 0.2) is 17.5 Å². The number of carbonyl (C=O) groups is 1. The molecule has 2 heterocycles. The maximum absolute atomic E-state index is 12.3. The second kappa shape index (κ2) is 6.87. The molecule has 6 heteroatoms. The van der Waals surface area contributed by atoms with Crippen LogP contribution >= 0.6 is 11.3 Å². The molecule has 2 rings (SSSR count). The summed E-state index contributed by atoms with van der Waals surface area (Å²) in [6.07, 6.45) is -0.218. The minimum atomic E-state index is -0.335. The predicted octanol–water partition coefficient (Wildman–Crippen LogP) is 1.18.